The van der Waals surface area contributed by atoms with E-state index < -0.39 is 10.4 Å². The summed E-state index contributed by atoms with van der Waals surface area (Å²) in [5.74, 6) is 0. The predicted molar refractivity (Wildman–Crippen MR) is 10.5 cm³/mol. The van der Waals surface area contributed by atoms with Gasteiger partial charge in [-0.3, -0.25) is 8.42 Å². The van der Waals surface area contributed by atoms with E-state index in [0.717, 1.165) is 0 Å². The van der Waals surface area contributed by atoms with Gasteiger partial charge in [-0.1, -0.05) is 0 Å². The van der Waals surface area contributed by atoms with Crippen LogP contribution in [-0.2, 0) is 32.8 Å². The Morgan fingerprint density at radius 1 is 1.14 bits per heavy atom. The second-order valence-electron chi connectivity index (χ2n) is 0.408. The first kappa shape index (κ1) is 15.8. The molecule has 7 heavy (non-hydrogen) atoms. The Balaban J connectivity index is -0.0000000800. The van der Waals surface area contributed by atoms with Gasteiger partial charge in [0.2, 0.25) is 0 Å². The Labute approximate surface area is 73.8 Å². The van der Waals surface area contributed by atoms with Gasteiger partial charge in [-0.2, -0.15) is 0 Å². The summed E-state index contributed by atoms with van der Waals surface area (Å²) in [6, 6.07) is 0. The van der Waals surface area contributed by atoms with Gasteiger partial charge in [-0.25, -0.2) is 0 Å². The van der Waals surface area contributed by atoms with E-state index in [-0.39, 0.29) is 46.4 Å². The summed E-state index contributed by atoms with van der Waals surface area (Å²) in [6.45, 7) is 0. The molecule has 0 saturated carbocycles. The van der Waals surface area contributed by atoms with E-state index in [0.29, 0.717) is 0 Å². The van der Waals surface area contributed by atoms with Crippen LogP contribution >= 0.6 is 0 Å². The van der Waals surface area contributed by atoms with Crippen molar-refractivity contribution in [2.24, 2.45) is 0 Å². The van der Waals surface area contributed by atoms with Crippen molar-refractivity contribution in [3.8, 4) is 0 Å². The smallest absolute Gasteiger partial charge is 0.0311 e. The third-order valence-corrected chi connectivity index (χ3v) is 0. The number of hydrogen-bond acceptors (Lipinski definition) is 4. The van der Waals surface area contributed by atoms with Gasteiger partial charge in [0.25, 0.3) is 0 Å². The van der Waals surface area contributed by atoms with Crippen LogP contribution in [0.3, 0.4) is 0 Å². The van der Waals surface area contributed by atoms with Crippen molar-refractivity contribution in [1.29, 1.82) is 0 Å². The second kappa shape index (κ2) is 5.48. The van der Waals surface area contributed by atoms with Gasteiger partial charge in [0.15, 0.2) is 0 Å². The van der Waals surface area contributed by atoms with Crippen molar-refractivity contribution < 1.29 is 63.9 Å². The maximum atomic E-state index is 8.52. The monoisotopic (exact) mass is 330 g/mol. The molecule has 1 radical (unpaired) electrons. The average Bonchev–Trinajstić information content (AvgIpc) is 0.722. The molecular weight excluding hydrogens is 331 g/mol. The summed E-state index contributed by atoms with van der Waals surface area (Å²) >= 11 is 0. The minimum Gasteiger partial charge on any atom is -1.00 e. The van der Waals surface area contributed by atoms with Crippen molar-refractivity contribution in [2.45, 2.75) is 0 Å². The van der Waals surface area contributed by atoms with Crippen LogP contribution < -0.4 is 24.0 Å². The van der Waals surface area contributed by atoms with Crippen LogP contribution in [-0.4, -0.2) is 17.5 Å². The van der Waals surface area contributed by atoms with Gasteiger partial charge < -0.3 is 33.1 Å². The Morgan fingerprint density at radius 2 is 1.14 bits per heavy atom. The molecule has 0 heterocycles. The maximum absolute atomic E-state index is 8.52. The Morgan fingerprint density at radius 3 is 1.14 bits per heavy atom. The molecule has 0 aromatic heterocycles. The minimum atomic E-state index is -5.17. The van der Waals surface area contributed by atoms with Crippen LogP contribution in [0.4, 0.5) is 0 Å². The van der Waals surface area contributed by atoms with Crippen molar-refractivity contribution >= 4 is 10.4 Å². The molecular formula is AgIO4S-3. The van der Waals surface area contributed by atoms with Crippen LogP contribution in [0.2, 0.25) is 0 Å². The van der Waals surface area contributed by atoms with E-state index in [1.165, 1.54) is 0 Å². The molecule has 0 unspecified atom stereocenters. The molecule has 0 aliphatic heterocycles. The minimum absolute atomic E-state index is 0. The molecule has 0 N–H and O–H groups in total. The zero-order valence-corrected chi connectivity index (χ0v) is 7.18. The largest absolute Gasteiger partial charge is 1.00 e. The molecule has 7 heteroatoms. The fourth-order valence-corrected chi connectivity index (χ4v) is 0. The third kappa shape index (κ3) is 117. The van der Waals surface area contributed by atoms with E-state index in [4.69, 9.17) is 17.5 Å². The number of hydrogen-bond donors (Lipinski definition) is 0. The number of halogens is 1. The first-order valence-corrected chi connectivity index (χ1v) is 2.00. The molecule has 0 bridgehead atoms. The van der Waals surface area contributed by atoms with Gasteiger partial charge in [0.05, 0.1) is 0 Å². The van der Waals surface area contributed by atoms with Gasteiger partial charge in [-0.05, 0) is 0 Å². The second-order valence-corrected chi connectivity index (χ2v) is 1.22. The predicted octanol–water partition coefficient (Wildman–Crippen LogP) is -4.34. The first-order chi connectivity index (χ1) is 2.00. The zero-order chi connectivity index (χ0) is 4.50. The van der Waals surface area contributed by atoms with Crippen LogP contribution in [0.1, 0.15) is 0 Å². The fraction of sp³-hybridized carbons (Fsp3) is 0. The molecule has 0 saturated heterocycles. The maximum Gasteiger partial charge on any atom is 0.0311 e. The first-order valence-electron chi connectivity index (χ1n) is 0.667. The summed E-state index contributed by atoms with van der Waals surface area (Å²) in [5.41, 5.74) is 0. The Kier molecular flexibility index (Phi) is 12.3. The van der Waals surface area contributed by atoms with Crippen LogP contribution in [0, 0.1) is 0 Å². The summed E-state index contributed by atoms with van der Waals surface area (Å²) in [7, 11) is -5.17. The fourth-order valence-electron chi connectivity index (χ4n) is 0. The van der Waals surface area contributed by atoms with E-state index in [2.05, 4.69) is 0 Å². The molecule has 0 aromatic rings. The molecule has 0 aliphatic carbocycles. The van der Waals surface area contributed by atoms with Gasteiger partial charge in [0.1, 0.15) is 0 Å². The van der Waals surface area contributed by atoms with Gasteiger partial charge >= 0.3 is 0 Å². The molecule has 51 valence electrons. The van der Waals surface area contributed by atoms with Crippen LogP contribution in [0.25, 0.3) is 0 Å². The molecule has 0 spiro atoms. The topological polar surface area (TPSA) is 80.3 Å². The molecule has 4 nitrogen and oxygen atoms in total. The van der Waals surface area contributed by atoms with Crippen LogP contribution in [0.5, 0.6) is 0 Å². The standard InChI is InChI=1S/Ag.HI.H2O4S/c;;1-5(2,3)4/h;1H;(H2,1,2,3,4)/p-3. The van der Waals surface area contributed by atoms with Crippen molar-refractivity contribution in [2.75, 3.05) is 0 Å². The molecule has 0 atom stereocenters. The molecule has 0 aliphatic rings. The van der Waals surface area contributed by atoms with Crippen LogP contribution in [0.15, 0.2) is 0 Å². The summed E-state index contributed by atoms with van der Waals surface area (Å²) in [6.07, 6.45) is 0. The van der Waals surface area contributed by atoms with E-state index in [9.17, 15) is 0 Å². The van der Waals surface area contributed by atoms with Crippen molar-refractivity contribution in [1.82, 2.24) is 0 Å². The zero-order valence-electron chi connectivity index (χ0n) is 2.72. The van der Waals surface area contributed by atoms with E-state index >= 15 is 0 Å². The normalized spacial score (nSPS) is 8.29. The molecule has 0 aromatic carbocycles. The molecule has 0 fully saturated rings. The number of rotatable bonds is 0. The molecule has 0 rings (SSSR count). The SMILES string of the molecule is O=S(=O)([O-])[O-].[Ag].[I-]. The Hall–Kier alpha value is 1.34. The summed E-state index contributed by atoms with van der Waals surface area (Å²) in [4.78, 5) is 0. The van der Waals surface area contributed by atoms with Gasteiger partial charge in [-0.15, -0.1) is 0 Å². The van der Waals surface area contributed by atoms with Crippen molar-refractivity contribution in [3.63, 3.8) is 0 Å². The quantitative estimate of drug-likeness (QED) is 0.195. The summed E-state index contributed by atoms with van der Waals surface area (Å²) in [5, 5.41) is 0. The molecule has 0 amide bonds. The Bertz CT molecular complexity index is 94.9. The van der Waals surface area contributed by atoms with Gasteiger partial charge in [0, 0.05) is 32.8 Å². The third-order valence-electron chi connectivity index (χ3n) is 0. The van der Waals surface area contributed by atoms with E-state index in [1.807, 2.05) is 0 Å². The summed E-state index contributed by atoms with van der Waals surface area (Å²) < 4.78 is 34.1. The van der Waals surface area contributed by atoms with E-state index in [1.54, 1.807) is 0 Å². The average molecular weight is 331 g/mol. The van der Waals surface area contributed by atoms with Crippen molar-refractivity contribution in [3.05, 3.63) is 0 Å².